The molecule has 0 aliphatic carbocycles. The van der Waals surface area contributed by atoms with Crippen LogP contribution in [0.5, 0.6) is 5.75 Å². The van der Waals surface area contributed by atoms with E-state index in [4.69, 9.17) is 4.74 Å². The lowest BCUT2D eigenvalue weighted by Crippen LogP contribution is -2.27. The highest BCUT2D eigenvalue weighted by molar-refractivity contribution is 7.87. The van der Waals surface area contributed by atoms with Crippen LogP contribution in [0.1, 0.15) is 12.0 Å². The van der Waals surface area contributed by atoms with Crippen molar-refractivity contribution in [2.24, 2.45) is 0 Å². The lowest BCUT2D eigenvalue weighted by molar-refractivity contribution is -0.117. The number of carbonyl (C=O) groups is 1. The molecular formula is C12H14FNO4S. The van der Waals surface area contributed by atoms with Crippen LogP contribution in [0, 0.1) is 6.92 Å². The molecule has 2 rings (SSSR count). The summed E-state index contributed by atoms with van der Waals surface area (Å²) in [7, 11) is -3.25. The number of nitrogens with zero attached hydrogens (tertiary/aromatic N) is 1. The van der Waals surface area contributed by atoms with E-state index in [-0.39, 0.29) is 13.0 Å². The Morgan fingerprint density at radius 2 is 2.11 bits per heavy atom. The summed E-state index contributed by atoms with van der Waals surface area (Å²) in [5.74, 6) is 0.0404. The normalized spacial score (nSPS) is 19.8. The lowest BCUT2D eigenvalue weighted by Gasteiger charge is -2.19. The largest absolute Gasteiger partial charge is 0.495 e. The Kier molecular flexibility index (Phi) is 3.49. The van der Waals surface area contributed by atoms with Gasteiger partial charge in [-0.2, -0.15) is 8.42 Å². The highest BCUT2D eigenvalue weighted by Gasteiger charge is 2.39. The van der Waals surface area contributed by atoms with E-state index < -0.39 is 21.4 Å². The van der Waals surface area contributed by atoms with Gasteiger partial charge < -0.3 is 9.64 Å². The molecule has 0 saturated carbocycles. The number of methoxy groups -OCH3 is 1. The third-order valence-corrected chi connectivity index (χ3v) is 4.23. The minimum atomic E-state index is -4.71. The Hall–Kier alpha value is -1.63. The number of carbonyl (C=O) groups excluding carboxylic acids is 1. The van der Waals surface area contributed by atoms with Gasteiger partial charge in [-0.25, -0.2) is 0 Å². The first-order valence-corrected chi connectivity index (χ1v) is 7.16. The van der Waals surface area contributed by atoms with Gasteiger partial charge >= 0.3 is 10.2 Å². The summed E-state index contributed by atoms with van der Waals surface area (Å²) in [6, 6.07) is 5.18. The van der Waals surface area contributed by atoms with E-state index in [2.05, 4.69) is 0 Å². The van der Waals surface area contributed by atoms with Gasteiger partial charge in [0.05, 0.1) is 12.8 Å². The SMILES string of the molecule is COc1cc(C)ccc1N1CC(S(=O)(=O)F)CC1=O. The molecule has 1 atom stereocenters. The van der Waals surface area contributed by atoms with Gasteiger partial charge in [0.15, 0.2) is 0 Å². The van der Waals surface area contributed by atoms with E-state index in [1.165, 1.54) is 12.0 Å². The zero-order chi connectivity index (χ0) is 14.2. The molecular weight excluding hydrogens is 273 g/mol. The maximum Gasteiger partial charge on any atom is 0.307 e. The number of amides is 1. The first kappa shape index (κ1) is 13.8. The summed E-state index contributed by atoms with van der Waals surface area (Å²) >= 11 is 0. The zero-order valence-corrected chi connectivity index (χ0v) is 11.4. The molecule has 1 fully saturated rings. The van der Waals surface area contributed by atoms with Crippen LogP contribution < -0.4 is 9.64 Å². The number of hydrogen-bond donors (Lipinski definition) is 0. The maximum atomic E-state index is 13.0. The van der Waals surface area contributed by atoms with E-state index in [1.54, 1.807) is 18.2 Å². The van der Waals surface area contributed by atoms with Crippen molar-refractivity contribution in [2.75, 3.05) is 18.6 Å². The maximum absolute atomic E-state index is 13.0. The van der Waals surface area contributed by atoms with Crippen molar-refractivity contribution >= 4 is 21.8 Å². The summed E-state index contributed by atoms with van der Waals surface area (Å²) in [5, 5.41) is -1.30. The van der Waals surface area contributed by atoms with Crippen LogP contribution in [0.25, 0.3) is 0 Å². The number of halogens is 1. The van der Waals surface area contributed by atoms with Crippen LogP contribution in [0.2, 0.25) is 0 Å². The highest BCUT2D eigenvalue weighted by atomic mass is 32.3. The fraction of sp³-hybridized carbons (Fsp3) is 0.417. The molecule has 104 valence electrons. The molecule has 0 aromatic heterocycles. The molecule has 19 heavy (non-hydrogen) atoms. The van der Waals surface area contributed by atoms with Crippen LogP contribution in [-0.2, 0) is 15.0 Å². The number of benzene rings is 1. The van der Waals surface area contributed by atoms with Gasteiger partial charge in [0.2, 0.25) is 5.91 Å². The van der Waals surface area contributed by atoms with E-state index in [9.17, 15) is 17.1 Å². The average Bonchev–Trinajstić information content (AvgIpc) is 2.71. The Bertz CT molecular complexity index is 614. The molecule has 7 heteroatoms. The smallest absolute Gasteiger partial charge is 0.307 e. The molecule has 1 saturated heterocycles. The fourth-order valence-corrected chi connectivity index (χ4v) is 2.77. The molecule has 0 bridgehead atoms. The van der Waals surface area contributed by atoms with Crippen molar-refractivity contribution in [2.45, 2.75) is 18.6 Å². The van der Waals surface area contributed by atoms with E-state index in [0.29, 0.717) is 11.4 Å². The minimum Gasteiger partial charge on any atom is -0.495 e. The molecule has 1 unspecified atom stereocenters. The van der Waals surface area contributed by atoms with Crippen LogP contribution in [0.3, 0.4) is 0 Å². The van der Waals surface area contributed by atoms with Crippen LogP contribution in [0.4, 0.5) is 9.57 Å². The van der Waals surface area contributed by atoms with Gasteiger partial charge in [0, 0.05) is 13.0 Å². The van der Waals surface area contributed by atoms with Crippen LogP contribution >= 0.6 is 0 Å². The predicted molar refractivity (Wildman–Crippen MR) is 68.5 cm³/mol. The second kappa shape index (κ2) is 4.80. The predicted octanol–water partition coefficient (Wildman–Crippen LogP) is 1.41. The highest BCUT2D eigenvalue weighted by Crippen LogP contribution is 2.33. The summed E-state index contributed by atoms with van der Waals surface area (Å²) in [6.45, 7) is 1.68. The molecule has 0 spiro atoms. The molecule has 1 aliphatic heterocycles. The monoisotopic (exact) mass is 287 g/mol. The molecule has 1 heterocycles. The average molecular weight is 287 g/mol. The van der Waals surface area contributed by atoms with Crippen molar-refractivity contribution in [3.05, 3.63) is 23.8 Å². The summed E-state index contributed by atoms with van der Waals surface area (Å²) in [5.41, 5.74) is 1.41. The zero-order valence-electron chi connectivity index (χ0n) is 10.6. The molecule has 1 aliphatic rings. The number of hydrogen-bond acceptors (Lipinski definition) is 4. The number of anilines is 1. The van der Waals surface area contributed by atoms with Crippen molar-refractivity contribution in [3.8, 4) is 5.75 Å². The molecule has 0 radical (unpaired) electrons. The van der Waals surface area contributed by atoms with Gasteiger partial charge in [0.1, 0.15) is 11.0 Å². The molecule has 1 aromatic carbocycles. The Balaban J connectivity index is 2.36. The second-order valence-electron chi connectivity index (χ2n) is 4.48. The minimum absolute atomic E-state index is 0.183. The van der Waals surface area contributed by atoms with Gasteiger partial charge in [-0.3, -0.25) is 4.79 Å². The van der Waals surface area contributed by atoms with Crippen LogP contribution in [0.15, 0.2) is 18.2 Å². The Morgan fingerprint density at radius 1 is 1.42 bits per heavy atom. The lowest BCUT2D eigenvalue weighted by atomic mass is 10.2. The van der Waals surface area contributed by atoms with E-state index >= 15 is 0 Å². The third kappa shape index (κ3) is 2.70. The van der Waals surface area contributed by atoms with Crippen molar-refractivity contribution in [1.82, 2.24) is 0 Å². The van der Waals surface area contributed by atoms with Gasteiger partial charge in [-0.15, -0.1) is 3.89 Å². The number of aryl methyl sites for hydroxylation is 1. The van der Waals surface area contributed by atoms with Crippen molar-refractivity contribution in [1.29, 1.82) is 0 Å². The molecule has 1 aromatic rings. The second-order valence-corrected chi connectivity index (χ2v) is 6.10. The van der Waals surface area contributed by atoms with Gasteiger partial charge in [-0.05, 0) is 24.6 Å². The fourth-order valence-electron chi connectivity index (χ4n) is 2.10. The van der Waals surface area contributed by atoms with Gasteiger partial charge in [0.25, 0.3) is 0 Å². The first-order chi connectivity index (χ1) is 8.82. The summed E-state index contributed by atoms with van der Waals surface area (Å²) in [6.07, 6.45) is -0.337. The van der Waals surface area contributed by atoms with Crippen molar-refractivity contribution < 1.29 is 21.8 Å². The first-order valence-electron chi connectivity index (χ1n) is 5.71. The van der Waals surface area contributed by atoms with E-state index in [0.717, 1.165) is 5.56 Å². The van der Waals surface area contributed by atoms with Crippen LogP contribution in [-0.4, -0.2) is 33.2 Å². The topological polar surface area (TPSA) is 63.7 Å². The number of ether oxygens (including phenoxy) is 1. The molecule has 1 amide bonds. The molecule has 5 nitrogen and oxygen atoms in total. The Labute approximate surface area is 111 Å². The molecule has 0 N–H and O–H groups in total. The summed E-state index contributed by atoms with van der Waals surface area (Å²) < 4.78 is 39.9. The third-order valence-electron chi connectivity index (χ3n) is 3.11. The number of rotatable bonds is 3. The summed E-state index contributed by atoms with van der Waals surface area (Å²) in [4.78, 5) is 13.1. The standard InChI is InChI=1S/C12H14FNO4S/c1-8-3-4-10(11(5-8)18-2)14-7-9(6-12(14)15)19(13,16)17/h3-5,9H,6-7H2,1-2H3. The van der Waals surface area contributed by atoms with E-state index in [1.807, 2.05) is 6.92 Å². The Morgan fingerprint density at radius 3 is 2.63 bits per heavy atom. The van der Waals surface area contributed by atoms with Crippen molar-refractivity contribution in [3.63, 3.8) is 0 Å². The quantitative estimate of drug-likeness (QED) is 0.788. The van der Waals surface area contributed by atoms with Gasteiger partial charge in [-0.1, -0.05) is 6.07 Å².